The Morgan fingerprint density at radius 3 is 2.62 bits per heavy atom. The Bertz CT molecular complexity index is 941. The van der Waals surface area contributed by atoms with E-state index in [-0.39, 0.29) is 10.5 Å². The van der Waals surface area contributed by atoms with Gasteiger partial charge < -0.3 is 4.57 Å². The molecule has 2 heterocycles. The maximum Gasteiger partial charge on any atom is 0.280 e. The van der Waals surface area contributed by atoms with Crippen LogP contribution in [0.2, 0.25) is 0 Å². The molecule has 9 heteroatoms. The van der Waals surface area contributed by atoms with Gasteiger partial charge in [0.05, 0.1) is 10.5 Å². The van der Waals surface area contributed by atoms with Crippen LogP contribution in [0.1, 0.15) is 23.2 Å². The lowest BCUT2D eigenvalue weighted by molar-refractivity contribution is 0.0997. The van der Waals surface area contributed by atoms with Crippen molar-refractivity contribution in [2.24, 2.45) is 12.0 Å². The van der Waals surface area contributed by atoms with Crippen LogP contribution in [-0.4, -0.2) is 36.3 Å². The lowest BCUT2D eigenvalue weighted by atomic mass is 10.2. The van der Waals surface area contributed by atoms with Crippen molar-refractivity contribution in [1.29, 1.82) is 0 Å². The summed E-state index contributed by atoms with van der Waals surface area (Å²) in [6.45, 7) is 1.05. The number of halogens is 1. The molecule has 1 aliphatic rings. The summed E-state index contributed by atoms with van der Waals surface area (Å²) in [5, 5.41) is 1.83. The molecule has 128 valence electrons. The molecule has 1 fully saturated rings. The zero-order valence-corrected chi connectivity index (χ0v) is 16.2. The molecule has 1 aromatic heterocycles. The number of benzene rings is 1. The zero-order chi connectivity index (χ0) is 17.3. The van der Waals surface area contributed by atoms with Crippen molar-refractivity contribution < 1.29 is 13.2 Å². The molecule has 1 amide bonds. The molecule has 1 saturated heterocycles. The number of thiazole rings is 1. The highest BCUT2D eigenvalue weighted by Gasteiger charge is 2.28. The third-order valence-corrected chi connectivity index (χ3v) is 7.26. The normalized spacial score (nSPS) is 16.7. The van der Waals surface area contributed by atoms with Gasteiger partial charge in [-0.2, -0.15) is 9.30 Å². The van der Waals surface area contributed by atoms with E-state index in [2.05, 4.69) is 20.9 Å². The standard InChI is InChI=1S/C15H16BrN3O3S2/c1-18-8-9-23-15(18)17-14(20)12-10-11(4-5-13(12)16)24(21,22)19-6-2-3-7-19/h4-5,8-10H,2-3,6-7H2,1H3. The summed E-state index contributed by atoms with van der Waals surface area (Å²) in [6.07, 6.45) is 3.54. The fraction of sp³-hybridized carbons (Fsp3) is 0.333. The van der Waals surface area contributed by atoms with Gasteiger partial charge in [-0.1, -0.05) is 0 Å². The minimum Gasteiger partial charge on any atom is -0.327 e. The number of aryl methyl sites for hydroxylation is 1. The van der Waals surface area contributed by atoms with Crippen LogP contribution in [0, 0.1) is 0 Å². The van der Waals surface area contributed by atoms with Crippen molar-refractivity contribution >= 4 is 43.2 Å². The van der Waals surface area contributed by atoms with Crippen LogP contribution < -0.4 is 4.80 Å². The number of hydrogen-bond donors (Lipinski definition) is 0. The lowest BCUT2D eigenvalue weighted by Crippen LogP contribution is -2.28. The molecule has 24 heavy (non-hydrogen) atoms. The first-order valence-electron chi connectivity index (χ1n) is 7.38. The van der Waals surface area contributed by atoms with Gasteiger partial charge >= 0.3 is 0 Å². The number of carbonyl (C=O) groups excluding carboxylic acids is 1. The van der Waals surface area contributed by atoms with Crippen LogP contribution in [0.5, 0.6) is 0 Å². The minimum absolute atomic E-state index is 0.127. The van der Waals surface area contributed by atoms with Gasteiger partial charge in [0.2, 0.25) is 10.0 Å². The largest absolute Gasteiger partial charge is 0.327 e. The zero-order valence-electron chi connectivity index (χ0n) is 13.0. The molecular weight excluding hydrogens is 414 g/mol. The van der Waals surface area contributed by atoms with Crippen LogP contribution in [0.3, 0.4) is 0 Å². The number of amides is 1. The van der Waals surface area contributed by atoms with E-state index in [9.17, 15) is 13.2 Å². The molecule has 0 spiro atoms. The Hall–Kier alpha value is -1.29. The predicted molar refractivity (Wildman–Crippen MR) is 95.3 cm³/mol. The summed E-state index contributed by atoms with van der Waals surface area (Å²) in [5.74, 6) is -0.474. The molecule has 1 aromatic carbocycles. The average molecular weight is 430 g/mol. The van der Waals surface area contributed by atoms with E-state index in [0.29, 0.717) is 22.4 Å². The van der Waals surface area contributed by atoms with Crippen LogP contribution in [0.15, 0.2) is 44.1 Å². The third-order valence-electron chi connectivity index (χ3n) is 3.83. The van der Waals surface area contributed by atoms with E-state index in [4.69, 9.17) is 0 Å². The Kier molecular flexibility index (Phi) is 5.05. The first kappa shape index (κ1) is 17.5. The van der Waals surface area contributed by atoms with Crippen LogP contribution >= 0.6 is 27.3 Å². The maximum atomic E-state index is 12.7. The molecule has 0 unspecified atom stereocenters. The summed E-state index contributed by atoms with van der Waals surface area (Å²) < 4.78 is 29.0. The van der Waals surface area contributed by atoms with Crippen LogP contribution in [-0.2, 0) is 17.1 Å². The Labute approximate surface area is 152 Å². The third kappa shape index (κ3) is 3.39. The molecule has 0 saturated carbocycles. The molecule has 3 rings (SSSR count). The smallest absolute Gasteiger partial charge is 0.280 e. The van der Waals surface area contributed by atoms with Gasteiger partial charge in [0.1, 0.15) is 0 Å². The van der Waals surface area contributed by atoms with Crippen molar-refractivity contribution in [2.45, 2.75) is 17.7 Å². The number of hydrogen-bond acceptors (Lipinski definition) is 4. The van der Waals surface area contributed by atoms with Crippen molar-refractivity contribution in [3.63, 3.8) is 0 Å². The maximum absolute atomic E-state index is 12.7. The monoisotopic (exact) mass is 429 g/mol. The summed E-state index contributed by atoms with van der Waals surface area (Å²) in [7, 11) is -1.77. The van der Waals surface area contributed by atoms with Gasteiger partial charge in [-0.05, 0) is 47.0 Å². The van der Waals surface area contributed by atoms with Crippen molar-refractivity contribution in [3.05, 3.63) is 44.6 Å². The van der Waals surface area contributed by atoms with Gasteiger partial charge in [-0.15, -0.1) is 11.3 Å². The van der Waals surface area contributed by atoms with Crippen LogP contribution in [0.25, 0.3) is 0 Å². The highest BCUT2D eigenvalue weighted by molar-refractivity contribution is 9.10. The number of carbonyl (C=O) groups is 1. The molecule has 0 radical (unpaired) electrons. The fourth-order valence-corrected chi connectivity index (χ4v) is 5.18. The summed E-state index contributed by atoms with van der Waals surface area (Å²) >= 11 is 4.65. The Morgan fingerprint density at radius 2 is 2.00 bits per heavy atom. The second-order valence-corrected chi connectivity index (χ2v) is 9.13. The number of rotatable bonds is 3. The molecule has 2 aromatic rings. The van der Waals surface area contributed by atoms with E-state index >= 15 is 0 Å². The first-order valence-corrected chi connectivity index (χ1v) is 10.5. The summed E-state index contributed by atoms with van der Waals surface area (Å²) in [6, 6.07) is 4.50. The van der Waals surface area contributed by atoms with Gasteiger partial charge in [0.25, 0.3) is 5.91 Å². The van der Waals surface area contributed by atoms with Gasteiger partial charge in [0, 0.05) is 36.2 Å². The van der Waals surface area contributed by atoms with E-state index < -0.39 is 15.9 Å². The number of nitrogens with zero attached hydrogens (tertiary/aromatic N) is 3. The molecule has 0 N–H and O–H groups in total. The topological polar surface area (TPSA) is 71.7 Å². The molecular formula is C15H16BrN3O3S2. The molecule has 6 nitrogen and oxygen atoms in total. The molecule has 0 atom stereocenters. The van der Waals surface area contributed by atoms with E-state index in [0.717, 1.165) is 12.8 Å². The minimum atomic E-state index is -3.57. The van der Waals surface area contributed by atoms with E-state index in [1.807, 2.05) is 5.38 Å². The van der Waals surface area contributed by atoms with Gasteiger partial charge in [-0.25, -0.2) is 8.42 Å². The fourth-order valence-electron chi connectivity index (χ4n) is 2.49. The second-order valence-electron chi connectivity index (χ2n) is 5.47. The van der Waals surface area contributed by atoms with E-state index in [1.165, 1.54) is 27.8 Å². The Morgan fingerprint density at radius 1 is 1.29 bits per heavy atom. The predicted octanol–water partition coefficient (Wildman–Crippen LogP) is 2.37. The van der Waals surface area contributed by atoms with Crippen molar-refractivity contribution in [2.75, 3.05) is 13.1 Å². The number of aromatic nitrogens is 1. The molecule has 1 aliphatic heterocycles. The lowest BCUT2D eigenvalue weighted by Gasteiger charge is -2.16. The average Bonchev–Trinajstić information content (AvgIpc) is 3.20. The quantitative estimate of drug-likeness (QED) is 0.751. The molecule has 0 aliphatic carbocycles. The second kappa shape index (κ2) is 6.91. The van der Waals surface area contributed by atoms with E-state index in [1.54, 1.807) is 23.9 Å². The SMILES string of the molecule is Cn1ccsc1=NC(=O)c1cc(S(=O)(=O)N2CCCC2)ccc1Br. The first-order chi connectivity index (χ1) is 11.4. The summed E-state index contributed by atoms with van der Waals surface area (Å²) in [4.78, 5) is 17.2. The Balaban J connectivity index is 2.01. The van der Waals surface area contributed by atoms with Crippen molar-refractivity contribution in [3.8, 4) is 0 Å². The number of sulfonamides is 1. The van der Waals surface area contributed by atoms with Gasteiger partial charge in [0.15, 0.2) is 4.80 Å². The highest BCUT2D eigenvalue weighted by atomic mass is 79.9. The highest BCUT2D eigenvalue weighted by Crippen LogP contribution is 2.26. The van der Waals surface area contributed by atoms with Gasteiger partial charge in [-0.3, -0.25) is 4.79 Å². The molecule has 0 bridgehead atoms. The van der Waals surface area contributed by atoms with Crippen LogP contribution in [0.4, 0.5) is 0 Å². The summed E-state index contributed by atoms with van der Waals surface area (Å²) in [5.41, 5.74) is 0.240. The van der Waals surface area contributed by atoms with Crippen molar-refractivity contribution in [1.82, 2.24) is 8.87 Å².